The minimum Gasteiger partial charge on any atom is -0.341 e. The lowest BCUT2D eigenvalue weighted by molar-refractivity contribution is -0.132. The second-order valence-corrected chi connectivity index (χ2v) is 4.33. The summed E-state index contributed by atoms with van der Waals surface area (Å²) in [5.41, 5.74) is 0. The molecule has 82 valence electrons. The Morgan fingerprint density at radius 1 is 1.57 bits per heavy atom. The molecular weight excluding hydrogens is 205 g/mol. The Morgan fingerprint density at radius 2 is 2.14 bits per heavy atom. The third-order valence-electron chi connectivity index (χ3n) is 2.77. The summed E-state index contributed by atoms with van der Waals surface area (Å²) in [6, 6.07) is 0. The van der Waals surface area contributed by atoms with Crippen molar-refractivity contribution >= 4 is 17.5 Å². The van der Waals surface area contributed by atoms with Gasteiger partial charge < -0.3 is 4.90 Å². The Kier molecular flexibility index (Phi) is 4.66. The zero-order valence-electron chi connectivity index (χ0n) is 8.51. The summed E-state index contributed by atoms with van der Waals surface area (Å²) in [5, 5.41) is -0.406. The molecule has 1 fully saturated rings. The first kappa shape index (κ1) is 11.8. The average Bonchev–Trinajstić information content (AvgIpc) is 2.27. The van der Waals surface area contributed by atoms with Crippen molar-refractivity contribution in [3.05, 3.63) is 0 Å². The van der Waals surface area contributed by atoms with Crippen LogP contribution in [-0.4, -0.2) is 35.9 Å². The third kappa shape index (κ3) is 2.84. The number of piperidine rings is 1. The van der Waals surface area contributed by atoms with Crippen molar-refractivity contribution in [2.75, 3.05) is 19.8 Å². The molecule has 0 N–H and O–H groups in total. The largest absolute Gasteiger partial charge is 0.341 e. The molecule has 14 heavy (non-hydrogen) atoms. The smallest absolute Gasteiger partial charge is 0.240 e. The fourth-order valence-electron chi connectivity index (χ4n) is 1.68. The van der Waals surface area contributed by atoms with Crippen molar-refractivity contribution in [1.82, 2.24) is 4.90 Å². The van der Waals surface area contributed by atoms with Crippen molar-refractivity contribution in [2.45, 2.75) is 31.6 Å². The van der Waals surface area contributed by atoms with Gasteiger partial charge in [0.2, 0.25) is 5.91 Å². The summed E-state index contributed by atoms with van der Waals surface area (Å²) in [4.78, 5) is 13.4. The predicted octanol–water partition coefficient (Wildman–Crippen LogP) is 2.21. The maximum Gasteiger partial charge on any atom is 0.240 e. The lowest BCUT2D eigenvalue weighted by atomic mass is 9.98. The van der Waals surface area contributed by atoms with Crippen LogP contribution in [0.5, 0.6) is 0 Å². The van der Waals surface area contributed by atoms with E-state index in [0.29, 0.717) is 19.5 Å². The van der Waals surface area contributed by atoms with Crippen molar-refractivity contribution in [3.8, 4) is 0 Å². The summed E-state index contributed by atoms with van der Waals surface area (Å²) in [6.45, 7) is 2.96. The highest BCUT2D eigenvalue weighted by atomic mass is 35.5. The number of likely N-dealkylation sites (tertiary alicyclic amines) is 1. The second-order valence-electron chi connectivity index (χ2n) is 3.80. The number of nitrogens with zero attached hydrogens (tertiary/aromatic N) is 1. The molecule has 1 amide bonds. The molecule has 0 aromatic carbocycles. The van der Waals surface area contributed by atoms with Gasteiger partial charge in [-0.25, -0.2) is 0 Å². The molecule has 1 aliphatic rings. The minimum atomic E-state index is -0.406. The van der Waals surface area contributed by atoms with Gasteiger partial charge in [0, 0.05) is 13.1 Å². The second kappa shape index (κ2) is 5.54. The SMILES string of the molecule is CC[C@@H](Cl)C(=O)N1CCC(CF)CC1. The number of hydrogen-bond donors (Lipinski definition) is 0. The van der Waals surface area contributed by atoms with E-state index in [1.165, 1.54) is 0 Å². The van der Waals surface area contributed by atoms with Gasteiger partial charge in [-0.05, 0) is 25.2 Å². The summed E-state index contributed by atoms with van der Waals surface area (Å²) in [7, 11) is 0. The molecule has 0 saturated carbocycles. The van der Waals surface area contributed by atoms with Crippen LogP contribution in [-0.2, 0) is 4.79 Å². The van der Waals surface area contributed by atoms with Gasteiger partial charge in [-0.15, -0.1) is 11.6 Å². The van der Waals surface area contributed by atoms with Crippen LogP contribution in [0.25, 0.3) is 0 Å². The predicted molar refractivity (Wildman–Crippen MR) is 55.2 cm³/mol. The molecule has 1 saturated heterocycles. The molecule has 0 aromatic rings. The van der Waals surface area contributed by atoms with Gasteiger partial charge in [0.05, 0.1) is 6.67 Å². The minimum absolute atomic E-state index is 0.00600. The van der Waals surface area contributed by atoms with E-state index < -0.39 is 5.38 Å². The topological polar surface area (TPSA) is 20.3 Å². The van der Waals surface area contributed by atoms with E-state index in [0.717, 1.165) is 12.8 Å². The first-order valence-corrected chi connectivity index (χ1v) is 5.61. The Morgan fingerprint density at radius 3 is 2.57 bits per heavy atom. The van der Waals surface area contributed by atoms with Crippen LogP contribution >= 0.6 is 11.6 Å². The highest BCUT2D eigenvalue weighted by molar-refractivity contribution is 6.30. The van der Waals surface area contributed by atoms with Crippen molar-refractivity contribution in [1.29, 1.82) is 0 Å². The molecule has 1 heterocycles. The number of halogens is 2. The van der Waals surface area contributed by atoms with E-state index in [4.69, 9.17) is 11.6 Å². The maximum atomic E-state index is 12.3. The van der Waals surface area contributed by atoms with Crippen LogP contribution in [0.15, 0.2) is 0 Å². The van der Waals surface area contributed by atoms with Crippen LogP contribution in [0.3, 0.4) is 0 Å². The lowest BCUT2D eigenvalue weighted by Crippen LogP contribution is -2.42. The highest BCUT2D eigenvalue weighted by Crippen LogP contribution is 2.19. The van der Waals surface area contributed by atoms with E-state index >= 15 is 0 Å². The molecule has 0 unspecified atom stereocenters. The number of amides is 1. The van der Waals surface area contributed by atoms with Crippen LogP contribution in [0.2, 0.25) is 0 Å². The summed E-state index contributed by atoms with van der Waals surface area (Å²) >= 11 is 5.85. The standard InChI is InChI=1S/C10H17ClFNO/c1-2-9(11)10(14)13-5-3-8(7-12)4-6-13/h8-9H,2-7H2,1H3/t9-/m1/s1. The average molecular weight is 222 g/mol. The van der Waals surface area contributed by atoms with Crippen molar-refractivity contribution in [2.24, 2.45) is 5.92 Å². The van der Waals surface area contributed by atoms with E-state index in [1.807, 2.05) is 6.92 Å². The normalized spacial score (nSPS) is 20.9. The number of hydrogen-bond acceptors (Lipinski definition) is 1. The van der Waals surface area contributed by atoms with Gasteiger partial charge in [0.15, 0.2) is 0 Å². The molecule has 1 rings (SSSR count). The van der Waals surface area contributed by atoms with Gasteiger partial charge in [-0.1, -0.05) is 6.92 Å². The third-order valence-corrected chi connectivity index (χ3v) is 3.27. The molecule has 2 nitrogen and oxygen atoms in total. The fraction of sp³-hybridized carbons (Fsp3) is 0.900. The number of rotatable bonds is 3. The molecule has 0 radical (unpaired) electrons. The molecule has 0 aliphatic carbocycles. The zero-order valence-corrected chi connectivity index (χ0v) is 9.26. The fourth-order valence-corrected chi connectivity index (χ4v) is 1.82. The van der Waals surface area contributed by atoms with E-state index in [9.17, 15) is 9.18 Å². The zero-order chi connectivity index (χ0) is 10.6. The van der Waals surface area contributed by atoms with Gasteiger partial charge in [-0.3, -0.25) is 9.18 Å². The van der Waals surface area contributed by atoms with Gasteiger partial charge in [-0.2, -0.15) is 0 Å². The van der Waals surface area contributed by atoms with Gasteiger partial charge >= 0.3 is 0 Å². The molecule has 1 aliphatic heterocycles. The van der Waals surface area contributed by atoms with Crippen LogP contribution in [0.4, 0.5) is 4.39 Å². The molecule has 4 heteroatoms. The molecular formula is C10H17ClFNO. The van der Waals surface area contributed by atoms with Crippen molar-refractivity contribution < 1.29 is 9.18 Å². The Labute approximate surface area is 89.4 Å². The van der Waals surface area contributed by atoms with E-state index in [1.54, 1.807) is 4.90 Å². The van der Waals surface area contributed by atoms with Gasteiger partial charge in [0.25, 0.3) is 0 Å². The first-order valence-electron chi connectivity index (χ1n) is 5.17. The maximum absolute atomic E-state index is 12.3. The van der Waals surface area contributed by atoms with Gasteiger partial charge in [0.1, 0.15) is 5.38 Å². The quantitative estimate of drug-likeness (QED) is 0.670. The molecule has 1 atom stereocenters. The number of alkyl halides is 2. The van der Waals surface area contributed by atoms with E-state index in [-0.39, 0.29) is 18.5 Å². The van der Waals surface area contributed by atoms with Crippen LogP contribution in [0, 0.1) is 5.92 Å². The summed E-state index contributed by atoms with van der Waals surface area (Å²) in [5.74, 6) is 0.154. The molecule has 0 spiro atoms. The lowest BCUT2D eigenvalue weighted by Gasteiger charge is -2.31. The Balaban J connectivity index is 2.37. The van der Waals surface area contributed by atoms with Crippen molar-refractivity contribution in [3.63, 3.8) is 0 Å². The summed E-state index contributed by atoms with van der Waals surface area (Å²) < 4.78 is 12.3. The van der Waals surface area contributed by atoms with Crippen LogP contribution in [0.1, 0.15) is 26.2 Å². The van der Waals surface area contributed by atoms with E-state index in [2.05, 4.69) is 0 Å². The molecule has 0 aromatic heterocycles. The number of carbonyl (C=O) groups is 1. The monoisotopic (exact) mass is 221 g/mol. The van der Waals surface area contributed by atoms with Crippen LogP contribution < -0.4 is 0 Å². The Bertz CT molecular complexity index is 193. The summed E-state index contributed by atoms with van der Waals surface area (Å²) in [6.07, 6.45) is 2.20. The first-order chi connectivity index (χ1) is 6.69. The molecule has 0 bridgehead atoms. The highest BCUT2D eigenvalue weighted by Gasteiger charge is 2.25. The number of carbonyl (C=O) groups excluding carboxylic acids is 1. The Hall–Kier alpha value is -0.310.